The second-order valence-corrected chi connectivity index (χ2v) is 5.44. The summed E-state index contributed by atoms with van der Waals surface area (Å²) in [5.74, 6) is 0.946. The molecule has 3 rings (SSSR count). The molecule has 0 unspecified atom stereocenters. The van der Waals surface area contributed by atoms with Gasteiger partial charge in [-0.2, -0.15) is 5.32 Å². The summed E-state index contributed by atoms with van der Waals surface area (Å²) in [5, 5.41) is 4.74. The predicted octanol–water partition coefficient (Wildman–Crippen LogP) is 2.58. The van der Waals surface area contributed by atoms with Crippen molar-refractivity contribution in [1.29, 1.82) is 0 Å². The summed E-state index contributed by atoms with van der Waals surface area (Å²) in [7, 11) is 0. The summed E-state index contributed by atoms with van der Waals surface area (Å²) < 4.78 is 0. The van der Waals surface area contributed by atoms with Gasteiger partial charge in [0.2, 0.25) is 5.13 Å². The van der Waals surface area contributed by atoms with E-state index in [0.29, 0.717) is 11.0 Å². The van der Waals surface area contributed by atoms with Crippen LogP contribution >= 0.6 is 11.3 Å². The Morgan fingerprint density at radius 3 is 2.80 bits per heavy atom. The average Bonchev–Trinajstić information content (AvgIpc) is 2.86. The van der Waals surface area contributed by atoms with Crippen molar-refractivity contribution in [2.45, 2.75) is 38.0 Å². The van der Waals surface area contributed by atoms with E-state index in [1.54, 1.807) is 11.3 Å². The van der Waals surface area contributed by atoms with Crippen LogP contribution < -0.4 is 5.32 Å². The van der Waals surface area contributed by atoms with Crippen LogP contribution in [0, 0.1) is 5.92 Å². The maximum Gasteiger partial charge on any atom is 0.251 e. The van der Waals surface area contributed by atoms with E-state index in [4.69, 9.17) is 0 Å². The molecule has 1 aromatic rings. The average molecular weight is 221 g/mol. The van der Waals surface area contributed by atoms with Crippen LogP contribution in [0.4, 0.5) is 5.13 Å². The number of rotatable bonds is 3. The second kappa shape index (κ2) is 3.59. The fourth-order valence-corrected chi connectivity index (χ4v) is 2.69. The van der Waals surface area contributed by atoms with E-state index in [2.05, 4.69) is 10.3 Å². The van der Waals surface area contributed by atoms with Crippen molar-refractivity contribution in [3.8, 4) is 0 Å². The van der Waals surface area contributed by atoms with Gasteiger partial charge in [0, 0.05) is 17.0 Å². The summed E-state index contributed by atoms with van der Waals surface area (Å²) in [6.07, 6.45) is 7.65. The smallest absolute Gasteiger partial charge is 0.251 e. The van der Waals surface area contributed by atoms with Crippen LogP contribution in [0.2, 0.25) is 0 Å². The van der Waals surface area contributed by atoms with E-state index in [0.717, 1.165) is 12.8 Å². The van der Waals surface area contributed by atoms with E-state index >= 15 is 0 Å². The highest BCUT2D eigenvalue weighted by Gasteiger charge is 2.29. The molecule has 0 aromatic carbocycles. The third-order valence-electron chi connectivity index (χ3n) is 3.15. The minimum Gasteiger partial charge on any atom is -0.272 e. The first kappa shape index (κ1) is 9.33. The van der Waals surface area contributed by atoms with Crippen molar-refractivity contribution in [1.82, 2.24) is 10.3 Å². The zero-order valence-electron chi connectivity index (χ0n) is 8.48. The molecule has 0 N–H and O–H groups in total. The Kier molecular flexibility index (Phi) is 2.24. The highest BCUT2D eigenvalue weighted by atomic mass is 32.1. The van der Waals surface area contributed by atoms with Crippen LogP contribution in [0.3, 0.4) is 0 Å². The van der Waals surface area contributed by atoms with Crippen molar-refractivity contribution in [3.05, 3.63) is 11.1 Å². The third-order valence-corrected chi connectivity index (χ3v) is 4.21. The van der Waals surface area contributed by atoms with Gasteiger partial charge < -0.3 is 0 Å². The van der Waals surface area contributed by atoms with Gasteiger partial charge in [-0.3, -0.25) is 4.79 Å². The summed E-state index contributed by atoms with van der Waals surface area (Å²) in [6.45, 7) is 0. The van der Waals surface area contributed by atoms with Crippen LogP contribution in [0.15, 0.2) is 6.20 Å². The highest BCUT2D eigenvalue weighted by molar-refractivity contribution is 7.15. The lowest BCUT2D eigenvalue weighted by molar-refractivity contribution is -0.126. The molecule has 3 nitrogen and oxygen atoms in total. The van der Waals surface area contributed by atoms with Crippen LogP contribution in [0.5, 0.6) is 0 Å². The summed E-state index contributed by atoms with van der Waals surface area (Å²) in [5.41, 5.74) is 0. The van der Waals surface area contributed by atoms with E-state index in [-0.39, 0.29) is 11.8 Å². The van der Waals surface area contributed by atoms with Gasteiger partial charge in [0.25, 0.3) is 5.91 Å². The Balaban J connectivity index is 1.62. The minimum atomic E-state index is 0.0398. The Labute approximate surface area is 92.9 Å². The third kappa shape index (κ3) is 1.91. The second-order valence-electron chi connectivity index (χ2n) is 4.40. The quantitative estimate of drug-likeness (QED) is 0.787. The van der Waals surface area contributed by atoms with E-state index in [9.17, 15) is 4.79 Å². The molecule has 1 heterocycles. The molecular weight excluding hydrogens is 208 g/mol. The molecule has 1 amide bonds. The van der Waals surface area contributed by atoms with Crippen LogP contribution in [-0.4, -0.2) is 10.9 Å². The first-order chi connectivity index (χ1) is 7.33. The standard InChI is InChI=1S/C11H13N2OS/c14-10(8-2-1-3-8)13-11-12-6-9(15-11)7-4-5-7/h6-8H,1-5H2. The van der Waals surface area contributed by atoms with Crippen molar-refractivity contribution in [2.24, 2.45) is 5.92 Å². The van der Waals surface area contributed by atoms with Crippen molar-refractivity contribution in [2.75, 3.05) is 0 Å². The molecule has 2 fully saturated rings. The fraction of sp³-hybridized carbons (Fsp3) is 0.636. The van der Waals surface area contributed by atoms with E-state index in [1.165, 1.54) is 24.1 Å². The first-order valence-electron chi connectivity index (χ1n) is 5.54. The molecule has 0 atom stereocenters. The number of thiazole rings is 1. The van der Waals surface area contributed by atoms with Gasteiger partial charge >= 0.3 is 0 Å². The van der Waals surface area contributed by atoms with Gasteiger partial charge in [0.05, 0.1) is 0 Å². The molecule has 79 valence electrons. The first-order valence-corrected chi connectivity index (χ1v) is 6.36. The number of aromatic nitrogens is 1. The van der Waals surface area contributed by atoms with Gasteiger partial charge in [0.15, 0.2) is 0 Å². The molecule has 2 saturated carbocycles. The Hall–Kier alpha value is -0.900. The molecule has 1 radical (unpaired) electrons. The zero-order valence-corrected chi connectivity index (χ0v) is 9.30. The topological polar surface area (TPSA) is 44.1 Å². The Morgan fingerprint density at radius 2 is 2.20 bits per heavy atom. The van der Waals surface area contributed by atoms with Crippen molar-refractivity contribution in [3.63, 3.8) is 0 Å². The molecule has 2 aliphatic carbocycles. The van der Waals surface area contributed by atoms with Gasteiger partial charge in [-0.25, -0.2) is 4.98 Å². The largest absolute Gasteiger partial charge is 0.272 e. The SMILES string of the molecule is O=C([N]c1ncc(C2CC2)s1)C1CCC1. The highest BCUT2D eigenvalue weighted by Crippen LogP contribution is 2.43. The van der Waals surface area contributed by atoms with Gasteiger partial charge in [-0.15, -0.1) is 0 Å². The number of carbonyl (C=O) groups excluding carboxylic acids is 1. The lowest BCUT2D eigenvalue weighted by Gasteiger charge is -2.22. The predicted molar refractivity (Wildman–Crippen MR) is 58.2 cm³/mol. The minimum absolute atomic E-state index is 0.0398. The molecule has 2 aliphatic rings. The van der Waals surface area contributed by atoms with E-state index in [1.807, 2.05) is 6.20 Å². The molecule has 0 aliphatic heterocycles. The number of amides is 1. The molecule has 0 spiro atoms. The summed E-state index contributed by atoms with van der Waals surface area (Å²) in [6, 6.07) is 0. The lowest BCUT2D eigenvalue weighted by Crippen LogP contribution is -2.27. The van der Waals surface area contributed by atoms with Gasteiger partial charge in [0.1, 0.15) is 0 Å². The number of hydrogen-bond donors (Lipinski definition) is 0. The van der Waals surface area contributed by atoms with Crippen molar-refractivity contribution >= 4 is 22.4 Å². The molecule has 1 aromatic heterocycles. The lowest BCUT2D eigenvalue weighted by atomic mass is 9.85. The monoisotopic (exact) mass is 221 g/mol. The van der Waals surface area contributed by atoms with Crippen LogP contribution in [0.25, 0.3) is 0 Å². The Morgan fingerprint density at radius 1 is 1.40 bits per heavy atom. The van der Waals surface area contributed by atoms with Crippen LogP contribution in [-0.2, 0) is 4.79 Å². The molecule has 4 heteroatoms. The molecule has 0 saturated heterocycles. The normalized spacial score (nSPS) is 21.1. The summed E-state index contributed by atoms with van der Waals surface area (Å²) >= 11 is 1.59. The number of nitrogens with zero attached hydrogens (tertiary/aromatic N) is 2. The van der Waals surface area contributed by atoms with Crippen LogP contribution in [0.1, 0.15) is 42.9 Å². The van der Waals surface area contributed by atoms with Gasteiger partial charge in [-0.05, 0) is 31.6 Å². The van der Waals surface area contributed by atoms with Gasteiger partial charge in [-0.1, -0.05) is 17.8 Å². The Bertz CT molecular complexity index is 380. The molecule has 0 bridgehead atoms. The maximum atomic E-state index is 11.6. The number of carbonyl (C=O) groups is 1. The summed E-state index contributed by atoms with van der Waals surface area (Å²) in [4.78, 5) is 17.1. The fourth-order valence-electron chi connectivity index (χ4n) is 1.73. The maximum absolute atomic E-state index is 11.6. The van der Waals surface area contributed by atoms with E-state index < -0.39 is 0 Å². The number of hydrogen-bond acceptors (Lipinski definition) is 3. The zero-order chi connectivity index (χ0) is 10.3. The van der Waals surface area contributed by atoms with Crippen molar-refractivity contribution < 1.29 is 4.79 Å². The molecular formula is C11H13N2OS. The molecule has 15 heavy (non-hydrogen) atoms.